The van der Waals surface area contributed by atoms with Crippen LogP contribution in [0.25, 0.3) is 0 Å². The lowest BCUT2D eigenvalue weighted by Crippen LogP contribution is -2.37. The van der Waals surface area contributed by atoms with Gasteiger partial charge in [0.2, 0.25) is 0 Å². The fraction of sp³-hybridized carbons (Fsp3) is 0.357. The van der Waals surface area contributed by atoms with Crippen molar-refractivity contribution in [1.29, 1.82) is 0 Å². The number of amides is 3. The van der Waals surface area contributed by atoms with Gasteiger partial charge < -0.3 is 20.7 Å². The number of hydrogen-bond donors (Lipinski definition) is 3. The number of benzene rings is 1. The maximum atomic E-state index is 11.8. The topological polar surface area (TPSA) is 96.5 Å². The van der Waals surface area contributed by atoms with Crippen molar-refractivity contribution >= 4 is 17.9 Å². The zero-order valence-electron chi connectivity index (χ0n) is 12.2. The van der Waals surface area contributed by atoms with Gasteiger partial charge in [0, 0.05) is 26.2 Å². The SMILES string of the molecule is CNC(=O)NCC(C(=O)OC)c1ccc(C(=O)NC)cc1. The highest BCUT2D eigenvalue weighted by Crippen LogP contribution is 2.17. The Kier molecular flexibility index (Phi) is 6.19. The van der Waals surface area contributed by atoms with Crippen molar-refractivity contribution in [1.82, 2.24) is 16.0 Å². The van der Waals surface area contributed by atoms with E-state index in [-0.39, 0.29) is 18.5 Å². The predicted octanol–water partition coefficient (Wildman–Crippen LogP) is 0.232. The molecule has 0 aromatic heterocycles. The van der Waals surface area contributed by atoms with Crippen LogP contribution in [-0.2, 0) is 9.53 Å². The van der Waals surface area contributed by atoms with E-state index >= 15 is 0 Å². The van der Waals surface area contributed by atoms with E-state index in [0.29, 0.717) is 11.1 Å². The lowest BCUT2D eigenvalue weighted by molar-refractivity contribution is -0.142. The van der Waals surface area contributed by atoms with Crippen molar-refractivity contribution in [2.75, 3.05) is 27.7 Å². The molecule has 0 aliphatic heterocycles. The fourth-order valence-electron chi connectivity index (χ4n) is 1.77. The Balaban J connectivity index is 2.90. The zero-order chi connectivity index (χ0) is 15.8. The summed E-state index contributed by atoms with van der Waals surface area (Å²) in [5.74, 6) is -1.30. The Bertz CT molecular complexity index is 513. The Morgan fingerprint density at radius 2 is 1.71 bits per heavy atom. The molecule has 0 radical (unpaired) electrons. The molecule has 1 rings (SSSR count). The quantitative estimate of drug-likeness (QED) is 0.677. The van der Waals surface area contributed by atoms with Crippen LogP contribution in [0.4, 0.5) is 4.79 Å². The van der Waals surface area contributed by atoms with Crippen LogP contribution in [0, 0.1) is 0 Å². The lowest BCUT2D eigenvalue weighted by Gasteiger charge is -2.16. The van der Waals surface area contributed by atoms with Crippen LogP contribution in [0.1, 0.15) is 21.8 Å². The van der Waals surface area contributed by atoms with Crippen molar-refractivity contribution in [3.05, 3.63) is 35.4 Å². The van der Waals surface area contributed by atoms with Gasteiger partial charge in [0.1, 0.15) is 0 Å². The molecule has 3 amide bonds. The molecule has 0 bridgehead atoms. The number of rotatable bonds is 5. The summed E-state index contributed by atoms with van der Waals surface area (Å²) in [6.07, 6.45) is 0. The number of ether oxygens (including phenoxy) is 1. The van der Waals surface area contributed by atoms with Gasteiger partial charge in [0.15, 0.2) is 0 Å². The average molecular weight is 293 g/mol. The smallest absolute Gasteiger partial charge is 0.314 e. The van der Waals surface area contributed by atoms with Crippen LogP contribution >= 0.6 is 0 Å². The van der Waals surface area contributed by atoms with Crippen LogP contribution < -0.4 is 16.0 Å². The number of carbonyl (C=O) groups is 3. The monoisotopic (exact) mass is 293 g/mol. The third kappa shape index (κ3) is 4.48. The molecule has 7 nitrogen and oxygen atoms in total. The zero-order valence-corrected chi connectivity index (χ0v) is 12.2. The number of urea groups is 1. The van der Waals surface area contributed by atoms with Gasteiger partial charge in [-0.3, -0.25) is 9.59 Å². The Hall–Kier alpha value is -2.57. The number of hydrogen-bond acceptors (Lipinski definition) is 4. The number of methoxy groups -OCH3 is 1. The molecule has 0 heterocycles. The molecule has 3 N–H and O–H groups in total. The first-order chi connectivity index (χ1) is 10.0. The maximum Gasteiger partial charge on any atom is 0.314 e. The minimum absolute atomic E-state index is 0.103. The minimum atomic E-state index is -0.633. The number of nitrogens with one attached hydrogen (secondary N) is 3. The summed E-state index contributed by atoms with van der Waals surface area (Å²) in [6, 6.07) is 6.18. The normalized spacial score (nSPS) is 11.2. The van der Waals surface area contributed by atoms with Crippen LogP contribution in [0.5, 0.6) is 0 Å². The van der Waals surface area contributed by atoms with Crippen LogP contribution in [-0.4, -0.2) is 45.7 Å². The Labute approximate surface area is 123 Å². The maximum absolute atomic E-state index is 11.8. The molecule has 1 aromatic rings. The minimum Gasteiger partial charge on any atom is -0.468 e. The second-order valence-corrected chi connectivity index (χ2v) is 4.24. The molecular formula is C14H19N3O4. The molecule has 0 fully saturated rings. The van der Waals surface area contributed by atoms with Crippen LogP contribution in [0.3, 0.4) is 0 Å². The Morgan fingerprint density at radius 1 is 1.10 bits per heavy atom. The molecule has 7 heteroatoms. The van der Waals surface area contributed by atoms with Crippen molar-refractivity contribution < 1.29 is 19.1 Å². The van der Waals surface area contributed by atoms with Gasteiger partial charge in [-0.05, 0) is 17.7 Å². The first-order valence-corrected chi connectivity index (χ1v) is 6.39. The summed E-state index contributed by atoms with van der Waals surface area (Å²) in [7, 11) is 4.32. The van der Waals surface area contributed by atoms with E-state index in [1.807, 2.05) is 0 Å². The van der Waals surface area contributed by atoms with Gasteiger partial charge in [-0.1, -0.05) is 12.1 Å². The van der Waals surface area contributed by atoms with E-state index in [2.05, 4.69) is 16.0 Å². The summed E-state index contributed by atoms with van der Waals surface area (Å²) in [5, 5.41) is 7.49. The van der Waals surface area contributed by atoms with Gasteiger partial charge in [-0.25, -0.2) is 4.79 Å². The standard InChI is InChI=1S/C14H19N3O4/c1-15-12(18)10-6-4-9(5-7-10)11(13(19)21-3)8-17-14(20)16-2/h4-7,11H,8H2,1-3H3,(H,15,18)(H2,16,17,20). The summed E-state index contributed by atoms with van der Waals surface area (Å²) in [5.41, 5.74) is 1.15. The largest absolute Gasteiger partial charge is 0.468 e. The van der Waals surface area contributed by atoms with Crippen molar-refractivity contribution in [2.45, 2.75) is 5.92 Å². The Morgan fingerprint density at radius 3 is 2.19 bits per heavy atom. The highest BCUT2D eigenvalue weighted by molar-refractivity contribution is 5.94. The van der Waals surface area contributed by atoms with E-state index in [9.17, 15) is 14.4 Å². The number of esters is 1. The molecule has 21 heavy (non-hydrogen) atoms. The third-order valence-electron chi connectivity index (χ3n) is 2.98. The summed E-state index contributed by atoms with van der Waals surface area (Å²) < 4.78 is 4.74. The molecule has 1 unspecified atom stereocenters. The molecule has 0 saturated carbocycles. The third-order valence-corrected chi connectivity index (χ3v) is 2.98. The second-order valence-electron chi connectivity index (χ2n) is 4.24. The molecule has 0 spiro atoms. The van der Waals surface area contributed by atoms with E-state index < -0.39 is 11.9 Å². The summed E-state index contributed by atoms with van der Waals surface area (Å²) in [4.78, 5) is 34.5. The molecule has 0 saturated heterocycles. The molecule has 0 aliphatic carbocycles. The van der Waals surface area contributed by atoms with Gasteiger partial charge >= 0.3 is 12.0 Å². The molecular weight excluding hydrogens is 274 g/mol. The van der Waals surface area contributed by atoms with Gasteiger partial charge in [0.25, 0.3) is 5.91 Å². The molecule has 114 valence electrons. The van der Waals surface area contributed by atoms with E-state index in [4.69, 9.17) is 4.74 Å². The van der Waals surface area contributed by atoms with Gasteiger partial charge in [-0.15, -0.1) is 0 Å². The first-order valence-electron chi connectivity index (χ1n) is 6.39. The van der Waals surface area contributed by atoms with Crippen LogP contribution in [0.15, 0.2) is 24.3 Å². The van der Waals surface area contributed by atoms with Crippen LogP contribution in [0.2, 0.25) is 0 Å². The average Bonchev–Trinajstić information content (AvgIpc) is 2.54. The molecule has 0 aliphatic rings. The van der Waals surface area contributed by atoms with Crippen molar-refractivity contribution in [3.63, 3.8) is 0 Å². The van der Waals surface area contributed by atoms with Crippen molar-refractivity contribution in [3.8, 4) is 0 Å². The van der Waals surface area contributed by atoms with Gasteiger partial charge in [0.05, 0.1) is 13.0 Å². The summed E-state index contributed by atoms with van der Waals surface area (Å²) >= 11 is 0. The van der Waals surface area contributed by atoms with E-state index in [1.165, 1.54) is 14.2 Å². The summed E-state index contributed by atoms with van der Waals surface area (Å²) in [6.45, 7) is 0.103. The first kappa shape index (κ1) is 16.5. The second kappa shape index (κ2) is 7.88. The van der Waals surface area contributed by atoms with Crippen molar-refractivity contribution in [2.24, 2.45) is 0 Å². The molecule has 1 atom stereocenters. The van der Waals surface area contributed by atoms with E-state index in [1.54, 1.807) is 31.3 Å². The molecule has 1 aromatic carbocycles. The van der Waals surface area contributed by atoms with Gasteiger partial charge in [-0.2, -0.15) is 0 Å². The highest BCUT2D eigenvalue weighted by atomic mass is 16.5. The lowest BCUT2D eigenvalue weighted by atomic mass is 9.97. The van der Waals surface area contributed by atoms with E-state index in [0.717, 1.165) is 0 Å². The fourth-order valence-corrected chi connectivity index (χ4v) is 1.77. The predicted molar refractivity (Wildman–Crippen MR) is 77.0 cm³/mol. The number of carbonyl (C=O) groups excluding carboxylic acids is 3. The highest BCUT2D eigenvalue weighted by Gasteiger charge is 2.22.